The van der Waals surface area contributed by atoms with Crippen LogP contribution in [0.5, 0.6) is 0 Å². The first-order valence-electron chi connectivity index (χ1n) is 17.3. The van der Waals surface area contributed by atoms with E-state index >= 15 is 0 Å². The molecule has 8 aromatic rings. The second-order valence-corrected chi connectivity index (χ2v) is 13.3. The van der Waals surface area contributed by atoms with E-state index in [4.69, 9.17) is 4.98 Å². The standard InChI is InChI=1S/C49H35N/c1-49(40-25-12-5-13-26-40)43-28-15-14-27-42(43)48-44(49)30-29-41(47(48)36-21-10-4-11-22-36)38-24-16-23-37(31-38)39-32-45(34-17-6-2-7-18-34)50-46(33-39)35-19-8-3-9-20-35/h2-33H,1H3. The lowest BCUT2D eigenvalue weighted by atomic mass is 9.73. The van der Waals surface area contributed by atoms with Crippen LogP contribution < -0.4 is 0 Å². The second-order valence-electron chi connectivity index (χ2n) is 13.3. The molecule has 0 saturated carbocycles. The lowest BCUT2D eigenvalue weighted by molar-refractivity contribution is 0.714. The summed E-state index contributed by atoms with van der Waals surface area (Å²) in [6.07, 6.45) is 0. The molecule has 236 valence electrons. The first kappa shape index (κ1) is 29.8. The van der Waals surface area contributed by atoms with E-state index in [0.717, 1.165) is 33.6 Å². The summed E-state index contributed by atoms with van der Waals surface area (Å²) in [6.45, 7) is 2.39. The maximum Gasteiger partial charge on any atom is 0.0715 e. The monoisotopic (exact) mass is 637 g/mol. The highest BCUT2D eigenvalue weighted by molar-refractivity contribution is 6.01. The lowest BCUT2D eigenvalue weighted by Crippen LogP contribution is -2.22. The molecule has 7 aromatic carbocycles. The fourth-order valence-electron chi connectivity index (χ4n) is 7.89. The molecule has 0 fully saturated rings. The van der Waals surface area contributed by atoms with Gasteiger partial charge in [0.15, 0.2) is 0 Å². The Morgan fingerprint density at radius 1 is 0.340 bits per heavy atom. The van der Waals surface area contributed by atoms with Crippen molar-refractivity contribution in [2.24, 2.45) is 0 Å². The topological polar surface area (TPSA) is 12.9 Å². The van der Waals surface area contributed by atoms with Crippen LogP contribution in [0.25, 0.3) is 67.0 Å². The number of rotatable bonds is 6. The number of hydrogen-bond donors (Lipinski definition) is 0. The third-order valence-corrected chi connectivity index (χ3v) is 10.4. The second kappa shape index (κ2) is 12.3. The van der Waals surface area contributed by atoms with Gasteiger partial charge < -0.3 is 0 Å². The van der Waals surface area contributed by atoms with Crippen LogP contribution in [0.2, 0.25) is 0 Å². The predicted octanol–water partition coefficient (Wildman–Crippen LogP) is 12.8. The van der Waals surface area contributed by atoms with Crippen LogP contribution in [-0.4, -0.2) is 4.98 Å². The normalized spacial score (nSPS) is 14.6. The van der Waals surface area contributed by atoms with Crippen molar-refractivity contribution in [3.8, 4) is 67.0 Å². The Morgan fingerprint density at radius 2 is 0.860 bits per heavy atom. The molecule has 0 saturated heterocycles. The van der Waals surface area contributed by atoms with E-state index in [9.17, 15) is 0 Å². The predicted molar refractivity (Wildman–Crippen MR) is 209 cm³/mol. The van der Waals surface area contributed by atoms with Crippen molar-refractivity contribution in [2.75, 3.05) is 0 Å². The summed E-state index contributed by atoms with van der Waals surface area (Å²) in [5.41, 5.74) is 17.7. The van der Waals surface area contributed by atoms with Crippen LogP contribution >= 0.6 is 0 Å². The van der Waals surface area contributed by atoms with Gasteiger partial charge in [0.05, 0.1) is 11.4 Å². The summed E-state index contributed by atoms with van der Waals surface area (Å²) in [5.74, 6) is 0. The maximum atomic E-state index is 5.13. The van der Waals surface area contributed by atoms with Gasteiger partial charge in [-0.25, -0.2) is 4.98 Å². The summed E-state index contributed by atoms with van der Waals surface area (Å²) in [4.78, 5) is 5.13. The van der Waals surface area contributed by atoms with E-state index in [0.29, 0.717) is 0 Å². The third kappa shape index (κ3) is 4.98. The molecule has 1 aromatic heterocycles. The molecular formula is C49H35N. The fraction of sp³-hybridized carbons (Fsp3) is 0.0408. The van der Waals surface area contributed by atoms with Crippen LogP contribution in [0, 0.1) is 0 Å². The first-order valence-corrected chi connectivity index (χ1v) is 17.3. The Labute approximate surface area is 294 Å². The Kier molecular flexibility index (Phi) is 7.33. The maximum absolute atomic E-state index is 5.13. The van der Waals surface area contributed by atoms with Crippen LogP contribution in [0.3, 0.4) is 0 Å². The first-order chi connectivity index (χ1) is 24.7. The van der Waals surface area contributed by atoms with E-state index in [1.54, 1.807) is 0 Å². The SMILES string of the molecule is CC1(c2ccccc2)c2ccccc2-c2c1ccc(-c1cccc(-c3cc(-c4ccccc4)nc(-c4ccccc4)c3)c1)c2-c1ccccc1. The van der Waals surface area contributed by atoms with Gasteiger partial charge in [0.2, 0.25) is 0 Å². The highest BCUT2D eigenvalue weighted by atomic mass is 14.7. The van der Waals surface area contributed by atoms with Crippen molar-refractivity contribution in [1.29, 1.82) is 0 Å². The molecule has 0 bridgehead atoms. The van der Waals surface area contributed by atoms with E-state index in [-0.39, 0.29) is 5.41 Å². The zero-order valence-electron chi connectivity index (χ0n) is 27.9. The molecule has 1 atom stereocenters. The molecular weight excluding hydrogens is 603 g/mol. The minimum atomic E-state index is -0.268. The fourth-order valence-corrected chi connectivity index (χ4v) is 7.89. The number of fused-ring (bicyclic) bond motifs is 3. The van der Waals surface area contributed by atoms with Crippen molar-refractivity contribution in [1.82, 2.24) is 4.98 Å². The summed E-state index contributed by atoms with van der Waals surface area (Å²) in [7, 11) is 0. The number of hydrogen-bond acceptors (Lipinski definition) is 1. The summed E-state index contributed by atoms with van der Waals surface area (Å²) >= 11 is 0. The Morgan fingerprint density at radius 3 is 1.50 bits per heavy atom. The van der Waals surface area contributed by atoms with Crippen molar-refractivity contribution in [3.05, 3.63) is 211 Å². The van der Waals surface area contributed by atoms with E-state index in [1.165, 1.54) is 50.1 Å². The molecule has 1 nitrogen and oxygen atoms in total. The molecule has 9 rings (SSSR count). The summed E-state index contributed by atoms with van der Waals surface area (Å²) in [6, 6.07) is 70.0. The van der Waals surface area contributed by atoms with Gasteiger partial charge in [-0.2, -0.15) is 0 Å². The number of benzene rings is 7. The molecule has 1 heteroatoms. The van der Waals surface area contributed by atoms with E-state index < -0.39 is 0 Å². The molecule has 0 aliphatic heterocycles. The highest BCUT2D eigenvalue weighted by Gasteiger charge is 2.42. The van der Waals surface area contributed by atoms with Crippen LogP contribution in [0.4, 0.5) is 0 Å². The molecule has 0 radical (unpaired) electrons. The lowest BCUT2D eigenvalue weighted by Gasteiger charge is -2.29. The largest absolute Gasteiger partial charge is 0.248 e. The van der Waals surface area contributed by atoms with Crippen LogP contribution in [-0.2, 0) is 5.41 Å². The van der Waals surface area contributed by atoms with Crippen molar-refractivity contribution >= 4 is 0 Å². The van der Waals surface area contributed by atoms with Gasteiger partial charge in [-0.15, -0.1) is 0 Å². The van der Waals surface area contributed by atoms with E-state index in [1.807, 2.05) is 0 Å². The third-order valence-electron chi connectivity index (χ3n) is 10.4. The van der Waals surface area contributed by atoms with Gasteiger partial charge in [0.25, 0.3) is 0 Å². The minimum Gasteiger partial charge on any atom is -0.248 e. The smallest absolute Gasteiger partial charge is 0.0715 e. The Bertz CT molecular complexity index is 2410. The Balaban J connectivity index is 1.26. The molecule has 0 amide bonds. The van der Waals surface area contributed by atoms with Gasteiger partial charge in [0, 0.05) is 16.5 Å². The molecule has 1 aliphatic rings. The zero-order valence-corrected chi connectivity index (χ0v) is 27.9. The van der Waals surface area contributed by atoms with Gasteiger partial charge in [0.1, 0.15) is 0 Å². The molecule has 1 aliphatic carbocycles. The number of pyridine rings is 1. The number of nitrogens with zero attached hydrogens (tertiary/aromatic N) is 1. The van der Waals surface area contributed by atoms with Crippen LogP contribution in [0.15, 0.2) is 194 Å². The molecule has 1 heterocycles. The highest BCUT2D eigenvalue weighted by Crippen LogP contribution is 2.57. The van der Waals surface area contributed by atoms with Crippen molar-refractivity contribution < 1.29 is 0 Å². The van der Waals surface area contributed by atoms with Gasteiger partial charge in [-0.05, 0) is 86.3 Å². The van der Waals surface area contributed by atoms with Crippen molar-refractivity contribution in [2.45, 2.75) is 12.3 Å². The molecule has 0 N–H and O–H groups in total. The molecule has 1 unspecified atom stereocenters. The van der Waals surface area contributed by atoms with Crippen LogP contribution in [0.1, 0.15) is 23.6 Å². The molecule has 0 spiro atoms. The number of aromatic nitrogens is 1. The minimum absolute atomic E-state index is 0.268. The average Bonchev–Trinajstić information content (AvgIpc) is 3.47. The van der Waals surface area contributed by atoms with Crippen molar-refractivity contribution in [3.63, 3.8) is 0 Å². The summed E-state index contributed by atoms with van der Waals surface area (Å²) < 4.78 is 0. The average molecular weight is 638 g/mol. The quantitative estimate of drug-likeness (QED) is 0.177. The zero-order chi connectivity index (χ0) is 33.5. The molecule has 50 heavy (non-hydrogen) atoms. The summed E-state index contributed by atoms with van der Waals surface area (Å²) in [5, 5.41) is 0. The Hall–Kier alpha value is -6.31. The van der Waals surface area contributed by atoms with E-state index in [2.05, 4.69) is 201 Å². The van der Waals surface area contributed by atoms with Gasteiger partial charge in [-0.3, -0.25) is 0 Å². The van der Waals surface area contributed by atoms with Gasteiger partial charge in [-0.1, -0.05) is 176 Å². The van der Waals surface area contributed by atoms with Gasteiger partial charge >= 0.3 is 0 Å².